The van der Waals surface area contributed by atoms with Crippen molar-refractivity contribution in [3.05, 3.63) is 59.7 Å². The third-order valence-electron chi connectivity index (χ3n) is 2.74. The Balaban J connectivity index is 2.50. The third kappa shape index (κ3) is 2.36. The largest absolute Gasteiger partial charge is 0.465 e. The van der Waals surface area contributed by atoms with E-state index in [1.54, 1.807) is 6.07 Å². The number of hydrogen-bond donors (Lipinski definition) is 0. The van der Waals surface area contributed by atoms with Crippen molar-refractivity contribution in [3.63, 3.8) is 0 Å². The maximum absolute atomic E-state index is 11.5. The number of carbonyl (C=O) groups is 1. The minimum absolute atomic E-state index is 0.304. The number of carbonyl (C=O) groups excluding carboxylic acids is 1. The number of benzene rings is 2. The van der Waals surface area contributed by atoms with E-state index in [9.17, 15) is 4.79 Å². The number of methoxy groups -OCH3 is 1. The minimum atomic E-state index is -0.304. The van der Waals surface area contributed by atoms with Crippen molar-refractivity contribution in [2.24, 2.45) is 0 Å². The summed E-state index contributed by atoms with van der Waals surface area (Å²) in [4.78, 5) is 11.5. The molecule has 0 radical (unpaired) electrons. The highest BCUT2D eigenvalue weighted by molar-refractivity contribution is 5.91. The highest BCUT2D eigenvalue weighted by Crippen LogP contribution is 2.24. The predicted octanol–water partition coefficient (Wildman–Crippen LogP) is 3.45. The Morgan fingerprint density at radius 1 is 1.06 bits per heavy atom. The van der Waals surface area contributed by atoms with Gasteiger partial charge in [-0.3, -0.25) is 0 Å². The van der Waals surface area contributed by atoms with Crippen LogP contribution in [0.2, 0.25) is 0 Å². The van der Waals surface area contributed by atoms with Crippen LogP contribution in [0.3, 0.4) is 0 Å². The van der Waals surface area contributed by atoms with Gasteiger partial charge in [0.05, 0.1) is 12.7 Å². The van der Waals surface area contributed by atoms with Gasteiger partial charge in [0, 0.05) is 0 Å². The van der Waals surface area contributed by atoms with Gasteiger partial charge in [-0.25, -0.2) is 4.79 Å². The molecule has 0 aliphatic carbocycles. The Kier molecular flexibility index (Phi) is 3.24. The first-order chi connectivity index (χ1) is 8.22. The zero-order valence-corrected chi connectivity index (χ0v) is 9.94. The van der Waals surface area contributed by atoms with Crippen LogP contribution in [0.25, 0.3) is 11.1 Å². The number of esters is 1. The average molecular weight is 226 g/mol. The topological polar surface area (TPSA) is 26.3 Å². The Morgan fingerprint density at radius 2 is 1.76 bits per heavy atom. The molecule has 2 rings (SSSR count). The fourth-order valence-electron chi connectivity index (χ4n) is 1.80. The molecule has 0 bridgehead atoms. The van der Waals surface area contributed by atoms with E-state index in [1.165, 1.54) is 7.11 Å². The molecule has 0 atom stereocenters. The van der Waals surface area contributed by atoms with E-state index in [0.717, 1.165) is 16.7 Å². The van der Waals surface area contributed by atoms with E-state index in [1.807, 2.05) is 49.4 Å². The summed E-state index contributed by atoms with van der Waals surface area (Å²) in [7, 11) is 1.39. The molecule has 0 amide bonds. The molecule has 0 aliphatic heterocycles. The molecule has 0 saturated carbocycles. The van der Waals surface area contributed by atoms with Crippen molar-refractivity contribution in [1.29, 1.82) is 0 Å². The van der Waals surface area contributed by atoms with Gasteiger partial charge in [-0.15, -0.1) is 0 Å². The van der Waals surface area contributed by atoms with E-state index < -0.39 is 0 Å². The van der Waals surface area contributed by atoms with Crippen LogP contribution in [0.1, 0.15) is 15.9 Å². The van der Waals surface area contributed by atoms with Crippen LogP contribution < -0.4 is 0 Å². The molecule has 2 nitrogen and oxygen atoms in total. The van der Waals surface area contributed by atoms with Gasteiger partial charge in [-0.05, 0) is 35.7 Å². The van der Waals surface area contributed by atoms with Crippen molar-refractivity contribution in [1.82, 2.24) is 0 Å². The molecule has 2 aromatic carbocycles. The maximum Gasteiger partial charge on any atom is 0.337 e. The zero-order valence-electron chi connectivity index (χ0n) is 9.94. The van der Waals surface area contributed by atoms with Crippen LogP contribution in [0.5, 0.6) is 0 Å². The molecule has 0 saturated heterocycles. The number of ether oxygens (including phenoxy) is 1. The summed E-state index contributed by atoms with van der Waals surface area (Å²) >= 11 is 0. The summed E-state index contributed by atoms with van der Waals surface area (Å²) in [5, 5.41) is 0. The number of aryl methyl sites for hydroxylation is 1. The summed E-state index contributed by atoms with van der Waals surface area (Å²) in [6.07, 6.45) is 0. The molecule has 2 heteroatoms. The van der Waals surface area contributed by atoms with E-state index in [2.05, 4.69) is 0 Å². The van der Waals surface area contributed by atoms with Crippen LogP contribution in [0.4, 0.5) is 0 Å². The van der Waals surface area contributed by atoms with Crippen molar-refractivity contribution in [2.75, 3.05) is 7.11 Å². The van der Waals surface area contributed by atoms with Crippen molar-refractivity contribution >= 4 is 5.97 Å². The van der Waals surface area contributed by atoms with Crippen LogP contribution in [-0.4, -0.2) is 13.1 Å². The summed E-state index contributed by atoms with van der Waals surface area (Å²) in [6.45, 7) is 2.03. The molecule has 0 unspecified atom stereocenters. The molecule has 0 N–H and O–H groups in total. The van der Waals surface area contributed by atoms with E-state index in [0.29, 0.717) is 5.56 Å². The van der Waals surface area contributed by atoms with Crippen molar-refractivity contribution in [2.45, 2.75) is 6.92 Å². The lowest BCUT2D eigenvalue weighted by molar-refractivity contribution is 0.0601. The monoisotopic (exact) mass is 226 g/mol. The lowest BCUT2D eigenvalue weighted by atomic mass is 9.98. The normalized spacial score (nSPS) is 10.0. The summed E-state index contributed by atoms with van der Waals surface area (Å²) in [6, 6.07) is 15.6. The molecule has 0 aromatic heterocycles. The first kappa shape index (κ1) is 11.4. The highest BCUT2D eigenvalue weighted by Gasteiger charge is 2.08. The molecular weight excluding hydrogens is 212 g/mol. The SMILES string of the molecule is COC(=O)c1ccc(C)c(-c2ccccc2)c1. The van der Waals surface area contributed by atoms with Crippen molar-refractivity contribution in [3.8, 4) is 11.1 Å². The van der Waals surface area contributed by atoms with E-state index >= 15 is 0 Å². The van der Waals surface area contributed by atoms with Crippen LogP contribution in [0, 0.1) is 6.92 Å². The molecule has 0 fully saturated rings. The van der Waals surface area contributed by atoms with Gasteiger partial charge in [-0.2, -0.15) is 0 Å². The molecular formula is C15H14O2. The second kappa shape index (κ2) is 4.83. The summed E-state index contributed by atoms with van der Waals surface area (Å²) in [5.74, 6) is -0.304. The minimum Gasteiger partial charge on any atom is -0.465 e. The Bertz CT molecular complexity index is 530. The number of hydrogen-bond acceptors (Lipinski definition) is 2. The van der Waals surface area contributed by atoms with Gasteiger partial charge < -0.3 is 4.74 Å². The average Bonchev–Trinajstić information content (AvgIpc) is 2.39. The van der Waals surface area contributed by atoms with Gasteiger partial charge in [-0.1, -0.05) is 36.4 Å². The van der Waals surface area contributed by atoms with Crippen LogP contribution in [0.15, 0.2) is 48.5 Å². The van der Waals surface area contributed by atoms with Gasteiger partial charge in [0.1, 0.15) is 0 Å². The highest BCUT2D eigenvalue weighted by atomic mass is 16.5. The Morgan fingerprint density at radius 3 is 2.41 bits per heavy atom. The molecule has 17 heavy (non-hydrogen) atoms. The fraction of sp³-hybridized carbons (Fsp3) is 0.133. The molecule has 0 aliphatic rings. The van der Waals surface area contributed by atoms with E-state index in [4.69, 9.17) is 4.74 Å². The number of rotatable bonds is 2. The second-order valence-electron chi connectivity index (χ2n) is 3.89. The Labute approximate surface area is 101 Å². The van der Waals surface area contributed by atoms with Gasteiger partial charge >= 0.3 is 5.97 Å². The summed E-state index contributed by atoms with van der Waals surface area (Å²) < 4.78 is 4.73. The molecule has 0 heterocycles. The standard InChI is InChI=1S/C15H14O2/c1-11-8-9-13(15(16)17-2)10-14(11)12-6-4-3-5-7-12/h3-10H,1-2H3. The Hall–Kier alpha value is -2.09. The summed E-state index contributed by atoms with van der Waals surface area (Å²) in [5.41, 5.74) is 3.89. The van der Waals surface area contributed by atoms with Crippen molar-refractivity contribution < 1.29 is 9.53 Å². The van der Waals surface area contributed by atoms with Gasteiger partial charge in [0.15, 0.2) is 0 Å². The first-order valence-corrected chi connectivity index (χ1v) is 5.47. The lowest BCUT2D eigenvalue weighted by Crippen LogP contribution is -2.01. The van der Waals surface area contributed by atoms with Gasteiger partial charge in [0.2, 0.25) is 0 Å². The molecule has 2 aromatic rings. The fourth-order valence-corrected chi connectivity index (χ4v) is 1.80. The predicted molar refractivity (Wildman–Crippen MR) is 68.0 cm³/mol. The lowest BCUT2D eigenvalue weighted by Gasteiger charge is -2.08. The second-order valence-corrected chi connectivity index (χ2v) is 3.89. The van der Waals surface area contributed by atoms with Gasteiger partial charge in [0.25, 0.3) is 0 Å². The smallest absolute Gasteiger partial charge is 0.337 e. The van der Waals surface area contributed by atoms with Crippen LogP contribution in [-0.2, 0) is 4.74 Å². The van der Waals surface area contributed by atoms with E-state index in [-0.39, 0.29) is 5.97 Å². The third-order valence-corrected chi connectivity index (χ3v) is 2.74. The molecule has 86 valence electrons. The maximum atomic E-state index is 11.5. The molecule has 0 spiro atoms. The quantitative estimate of drug-likeness (QED) is 0.733. The van der Waals surface area contributed by atoms with Crippen LogP contribution >= 0.6 is 0 Å². The first-order valence-electron chi connectivity index (χ1n) is 5.47. The zero-order chi connectivity index (χ0) is 12.3.